The molecule has 1 nitrogen and oxygen atoms in total. The topological polar surface area (TPSA) is 20.2 Å². The molecule has 0 aliphatic rings. The van der Waals surface area contributed by atoms with Crippen molar-refractivity contribution in [2.45, 2.75) is 46.1 Å². The van der Waals surface area contributed by atoms with Gasteiger partial charge in [-0.2, -0.15) is 0 Å². The Bertz CT molecular complexity index is 296. The summed E-state index contributed by atoms with van der Waals surface area (Å²) >= 11 is 0. The van der Waals surface area contributed by atoms with Crippen molar-refractivity contribution in [1.29, 1.82) is 0 Å². The molecule has 1 N–H and O–H groups in total. The van der Waals surface area contributed by atoms with Gasteiger partial charge in [-0.1, -0.05) is 45.0 Å². The molecule has 1 heteroatoms. The van der Waals surface area contributed by atoms with E-state index >= 15 is 0 Å². The van der Waals surface area contributed by atoms with Crippen LogP contribution in [0.4, 0.5) is 0 Å². The van der Waals surface area contributed by atoms with Crippen LogP contribution in [0.2, 0.25) is 0 Å². The molecular weight excluding hydrogens is 184 g/mol. The Balaban J connectivity index is 2.81. The Morgan fingerprint density at radius 3 is 2.13 bits per heavy atom. The van der Waals surface area contributed by atoms with Gasteiger partial charge < -0.3 is 5.11 Å². The van der Waals surface area contributed by atoms with Crippen molar-refractivity contribution >= 4 is 0 Å². The Morgan fingerprint density at radius 2 is 1.73 bits per heavy atom. The summed E-state index contributed by atoms with van der Waals surface area (Å²) in [6.07, 6.45) is 1.85. The van der Waals surface area contributed by atoms with E-state index in [1.54, 1.807) is 0 Å². The second-order valence-electron chi connectivity index (χ2n) is 4.92. The third-order valence-corrected chi connectivity index (χ3v) is 2.91. The van der Waals surface area contributed by atoms with Crippen molar-refractivity contribution in [1.82, 2.24) is 0 Å². The van der Waals surface area contributed by atoms with Gasteiger partial charge in [0.2, 0.25) is 0 Å². The molecule has 0 aromatic heterocycles. The maximum atomic E-state index is 10.1. The monoisotopic (exact) mass is 206 g/mol. The van der Waals surface area contributed by atoms with Gasteiger partial charge in [-0.05, 0) is 36.8 Å². The molecule has 15 heavy (non-hydrogen) atoms. The molecule has 0 heterocycles. The van der Waals surface area contributed by atoms with Crippen molar-refractivity contribution in [2.24, 2.45) is 5.92 Å². The van der Waals surface area contributed by atoms with E-state index < -0.39 is 5.60 Å². The van der Waals surface area contributed by atoms with Gasteiger partial charge in [0.1, 0.15) is 0 Å². The van der Waals surface area contributed by atoms with E-state index in [0.717, 1.165) is 18.4 Å². The molecule has 84 valence electrons. The second-order valence-corrected chi connectivity index (χ2v) is 4.92. The smallest absolute Gasteiger partial charge is 0.0865 e. The molecule has 0 aliphatic heterocycles. The average Bonchev–Trinajstić information content (AvgIpc) is 2.18. The summed E-state index contributed by atoms with van der Waals surface area (Å²) in [5.41, 5.74) is 1.68. The van der Waals surface area contributed by atoms with Gasteiger partial charge in [-0.3, -0.25) is 0 Å². The third kappa shape index (κ3) is 3.35. The van der Waals surface area contributed by atoms with E-state index in [9.17, 15) is 5.11 Å². The van der Waals surface area contributed by atoms with Gasteiger partial charge in [0.05, 0.1) is 5.60 Å². The predicted octanol–water partition coefficient (Wildman–Crippen LogP) is 3.50. The number of aliphatic hydroxyl groups is 1. The van der Waals surface area contributed by atoms with Crippen molar-refractivity contribution < 1.29 is 5.11 Å². The van der Waals surface area contributed by atoms with Crippen LogP contribution >= 0.6 is 0 Å². The van der Waals surface area contributed by atoms with Gasteiger partial charge in [0.25, 0.3) is 0 Å². The lowest BCUT2D eigenvalue weighted by molar-refractivity contribution is 0.0531. The zero-order chi connectivity index (χ0) is 11.5. The molecule has 1 aromatic rings. The molecule has 0 aliphatic carbocycles. The molecule has 0 amide bonds. The summed E-state index contributed by atoms with van der Waals surface area (Å²) in [7, 11) is 0. The Morgan fingerprint density at radius 1 is 1.20 bits per heavy atom. The lowest BCUT2D eigenvalue weighted by Crippen LogP contribution is -2.19. The fraction of sp³-hybridized carbons (Fsp3) is 0.571. The fourth-order valence-corrected chi connectivity index (χ4v) is 1.68. The Hall–Kier alpha value is -0.820. The number of rotatable bonds is 4. The summed E-state index contributed by atoms with van der Waals surface area (Å²) < 4.78 is 0. The maximum absolute atomic E-state index is 10.1. The molecule has 1 atom stereocenters. The predicted molar refractivity (Wildman–Crippen MR) is 64.8 cm³/mol. The summed E-state index contributed by atoms with van der Waals surface area (Å²) in [5, 5.41) is 10.1. The van der Waals surface area contributed by atoms with Crippen LogP contribution in [-0.2, 0) is 12.0 Å². The normalized spacial score (nSPS) is 15.3. The van der Waals surface area contributed by atoms with E-state index in [1.807, 2.05) is 26.0 Å². The van der Waals surface area contributed by atoms with Gasteiger partial charge in [0, 0.05) is 0 Å². The number of hydrogen-bond acceptors (Lipinski definition) is 1. The third-order valence-electron chi connectivity index (χ3n) is 2.91. The quantitative estimate of drug-likeness (QED) is 0.799. The van der Waals surface area contributed by atoms with Crippen molar-refractivity contribution in [3.05, 3.63) is 35.4 Å². The maximum Gasteiger partial charge on any atom is 0.0865 e. The van der Waals surface area contributed by atoms with Crippen LogP contribution in [-0.4, -0.2) is 5.11 Å². The molecule has 0 saturated heterocycles. The van der Waals surface area contributed by atoms with Crippen molar-refractivity contribution in [3.8, 4) is 0 Å². The lowest BCUT2D eigenvalue weighted by Gasteiger charge is -2.22. The van der Waals surface area contributed by atoms with Crippen LogP contribution in [0.15, 0.2) is 24.3 Å². The van der Waals surface area contributed by atoms with E-state index in [1.165, 1.54) is 5.56 Å². The van der Waals surface area contributed by atoms with Crippen LogP contribution in [0, 0.1) is 5.92 Å². The largest absolute Gasteiger partial charge is 0.385 e. The highest BCUT2D eigenvalue weighted by Gasteiger charge is 2.19. The van der Waals surface area contributed by atoms with Crippen LogP contribution in [0.3, 0.4) is 0 Å². The summed E-state index contributed by atoms with van der Waals surface area (Å²) in [4.78, 5) is 0. The van der Waals surface area contributed by atoms with Crippen molar-refractivity contribution in [3.63, 3.8) is 0 Å². The second kappa shape index (κ2) is 4.80. The summed E-state index contributed by atoms with van der Waals surface area (Å²) in [6.45, 7) is 8.30. The average molecular weight is 206 g/mol. The SMILES string of the molecule is CCC(C)(O)c1ccc(CC(C)C)cc1. The first-order valence-electron chi connectivity index (χ1n) is 5.77. The molecule has 1 aromatic carbocycles. The first-order chi connectivity index (χ1) is 6.95. The zero-order valence-corrected chi connectivity index (χ0v) is 10.2. The van der Waals surface area contributed by atoms with E-state index in [0.29, 0.717) is 5.92 Å². The summed E-state index contributed by atoms with van der Waals surface area (Å²) in [6, 6.07) is 8.33. The zero-order valence-electron chi connectivity index (χ0n) is 10.2. The summed E-state index contributed by atoms with van der Waals surface area (Å²) in [5.74, 6) is 0.683. The first-order valence-corrected chi connectivity index (χ1v) is 5.77. The molecule has 0 saturated carbocycles. The van der Waals surface area contributed by atoms with Crippen molar-refractivity contribution in [2.75, 3.05) is 0 Å². The Labute approximate surface area is 93.1 Å². The molecular formula is C14H22O. The minimum Gasteiger partial charge on any atom is -0.385 e. The van der Waals surface area contributed by atoms with Gasteiger partial charge >= 0.3 is 0 Å². The van der Waals surface area contributed by atoms with Gasteiger partial charge in [0.15, 0.2) is 0 Å². The van der Waals surface area contributed by atoms with E-state index in [4.69, 9.17) is 0 Å². The highest BCUT2D eigenvalue weighted by atomic mass is 16.3. The van der Waals surface area contributed by atoms with E-state index in [-0.39, 0.29) is 0 Å². The van der Waals surface area contributed by atoms with Gasteiger partial charge in [-0.15, -0.1) is 0 Å². The lowest BCUT2D eigenvalue weighted by atomic mass is 9.91. The van der Waals surface area contributed by atoms with Crippen LogP contribution in [0.25, 0.3) is 0 Å². The highest BCUT2D eigenvalue weighted by molar-refractivity contribution is 5.26. The van der Waals surface area contributed by atoms with Crippen LogP contribution in [0.5, 0.6) is 0 Å². The molecule has 0 fully saturated rings. The molecule has 1 rings (SSSR count). The van der Waals surface area contributed by atoms with E-state index in [2.05, 4.69) is 26.0 Å². The highest BCUT2D eigenvalue weighted by Crippen LogP contribution is 2.24. The Kier molecular flexibility index (Phi) is 3.92. The standard InChI is InChI=1S/C14H22O/c1-5-14(4,15)13-8-6-12(7-9-13)10-11(2)3/h6-9,11,15H,5,10H2,1-4H3. The molecule has 1 unspecified atom stereocenters. The minimum absolute atomic E-state index is 0.683. The van der Waals surface area contributed by atoms with Crippen LogP contribution < -0.4 is 0 Å². The number of benzene rings is 1. The van der Waals surface area contributed by atoms with Gasteiger partial charge in [-0.25, -0.2) is 0 Å². The fourth-order valence-electron chi connectivity index (χ4n) is 1.68. The number of hydrogen-bond donors (Lipinski definition) is 1. The minimum atomic E-state index is -0.684. The molecule has 0 spiro atoms. The molecule has 0 radical (unpaired) electrons. The van der Waals surface area contributed by atoms with Crippen LogP contribution in [0.1, 0.15) is 45.2 Å². The molecule has 0 bridgehead atoms. The first kappa shape index (κ1) is 12.3.